The monoisotopic (exact) mass is 558 g/mol. The molecule has 0 aliphatic heterocycles. The van der Waals surface area contributed by atoms with Crippen molar-refractivity contribution in [3.8, 4) is 11.1 Å². The molecule has 2 N–H and O–H groups in total. The van der Waals surface area contributed by atoms with E-state index in [0.717, 1.165) is 6.07 Å². The van der Waals surface area contributed by atoms with E-state index in [-0.39, 0.29) is 22.3 Å². The Morgan fingerprint density at radius 2 is 1.77 bits per heavy atom. The number of aryl methyl sites for hydroxylation is 2. The van der Waals surface area contributed by atoms with Gasteiger partial charge in [0, 0.05) is 59.9 Å². The Morgan fingerprint density at radius 3 is 2.45 bits per heavy atom. The summed E-state index contributed by atoms with van der Waals surface area (Å²) in [7, 11) is 3.22. The lowest BCUT2D eigenvalue weighted by molar-refractivity contribution is -0.144. The largest absolute Gasteiger partial charge is 0.451 e. The van der Waals surface area contributed by atoms with Crippen LogP contribution in [0.2, 0.25) is 0 Å². The van der Waals surface area contributed by atoms with Gasteiger partial charge < -0.3 is 15.0 Å². The number of halogens is 5. The molecular formula is C27H23F5N6O2. The molecule has 3 aromatic heterocycles. The molecule has 0 aliphatic carbocycles. The first-order valence-electron chi connectivity index (χ1n) is 12.1. The first-order valence-corrected chi connectivity index (χ1v) is 12.1. The maximum absolute atomic E-state index is 14.1. The van der Waals surface area contributed by atoms with Gasteiger partial charge in [0.2, 0.25) is 11.4 Å². The van der Waals surface area contributed by atoms with Gasteiger partial charge in [-0.15, -0.1) is 0 Å². The number of anilines is 1. The lowest BCUT2D eigenvalue weighted by Crippen LogP contribution is -2.19. The van der Waals surface area contributed by atoms with Gasteiger partial charge in [-0.05, 0) is 30.7 Å². The maximum Gasteiger partial charge on any atom is 0.451 e. The van der Waals surface area contributed by atoms with Crippen LogP contribution in [0.4, 0.5) is 27.8 Å². The van der Waals surface area contributed by atoms with Gasteiger partial charge in [0.25, 0.3) is 5.92 Å². The van der Waals surface area contributed by atoms with Gasteiger partial charge in [0.05, 0.1) is 17.2 Å². The van der Waals surface area contributed by atoms with E-state index in [1.54, 1.807) is 39.3 Å². The normalized spacial score (nSPS) is 13.2. The van der Waals surface area contributed by atoms with Gasteiger partial charge >= 0.3 is 6.18 Å². The lowest BCUT2D eigenvalue weighted by atomic mass is 10.00. The molecular weight excluding hydrogens is 535 g/mol. The Hall–Kier alpha value is -4.39. The minimum absolute atomic E-state index is 0.00532. The Labute approximate surface area is 223 Å². The van der Waals surface area contributed by atoms with Gasteiger partial charge in [-0.25, -0.2) is 9.97 Å². The molecule has 3 heterocycles. The van der Waals surface area contributed by atoms with Crippen LogP contribution >= 0.6 is 0 Å². The lowest BCUT2D eigenvalue weighted by Gasteiger charge is -2.21. The molecule has 8 nitrogen and oxygen atoms in total. The van der Waals surface area contributed by atoms with Gasteiger partial charge in [0.1, 0.15) is 12.4 Å². The molecule has 0 radical (unpaired) electrons. The van der Waals surface area contributed by atoms with Crippen LogP contribution in [-0.4, -0.2) is 36.0 Å². The molecule has 0 spiro atoms. The van der Waals surface area contributed by atoms with E-state index < -0.39 is 36.1 Å². The van der Waals surface area contributed by atoms with Crippen molar-refractivity contribution in [2.75, 3.05) is 11.9 Å². The smallest absolute Gasteiger partial charge is 0.390 e. The van der Waals surface area contributed by atoms with Crippen LogP contribution in [0.25, 0.3) is 32.9 Å². The van der Waals surface area contributed by atoms with E-state index in [0.29, 0.717) is 27.6 Å². The van der Waals surface area contributed by atoms with Crippen LogP contribution in [0.1, 0.15) is 29.9 Å². The topological polar surface area (TPSA) is 97.9 Å². The summed E-state index contributed by atoms with van der Waals surface area (Å²) in [6, 6.07) is 9.08. The third-order valence-electron chi connectivity index (χ3n) is 6.69. The molecule has 208 valence electrons. The third-order valence-corrected chi connectivity index (χ3v) is 6.69. The first-order chi connectivity index (χ1) is 18.8. The van der Waals surface area contributed by atoms with E-state index >= 15 is 0 Å². The molecule has 1 atom stereocenters. The fourth-order valence-electron chi connectivity index (χ4n) is 4.58. The minimum Gasteiger partial charge on any atom is -0.390 e. The predicted octanol–water partition coefficient (Wildman–Crippen LogP) is 5.16. The number of pyridine rings is 1. The predicted molar refractivity (Wildman–Crippen MR) is 139 cm³/mol. The molecule has 1 unspecified atom stereocenters. The van der Waals surface area contributed by atoms with Crippen molar-refractivity contribution in [1.29, 1.82) is 0 Å². The van der Waals surface area contributed by atoms with E-state index in [9.17, 15) is 26.7 Å². The van der Waals surface area contributed by atoms with Crippen molar-refractivity contribution in [3.05, 3.63) is 82.2 Å². The second kappa shape index (κ2) is 9.66. The number of alkyl halides is 5. The first kappa shape index (κ1) is 27.2. The summed E-state index contributed by atoms with van der Waals surface area (Å²) in [6.45, 7) is 0.201. The number of fused-ring (bicyclic) bond motifs is 3. The summed E-state index contributed by atoms with van der Waals surface area (Å²) in [5.41, 5.74) is 1.34. The number of benzene rings is 2. The Morgan fingerprint density at radius 1 is 1.02 bits per heavy atom. The summed E-state index contributed by atoms with van der Waals surface area (Å²) >= 11 is 0. The zero-order chi connectivity index (χ0) is 29.0. The van der Waals surface area contributed by atoms with Gasteiger partial charge in [-0.1, -0.05) is 18.2 Å². The van der Waals surface area contributed by atoms with Crippen molar-refractivity contribution < 1.29 is 27.1 Å². The number of rotatable bonds is 6. The van der Waals surface area contributed by atoms with E-state index in [4.69, 9.17) is 5.11 Å². The Balaban J connectivity index is 1.74. The van der Waals surface area contributed by atoms with Crippen molar-refractivity contribution in [3.63, 3.8) is 0 Å². The summed E-state index contributed by atoms with van der Waals surface area (Å²) < 4.78 is 72.8. The van der Waals surface area contributed by atoms with Crippen molar-refractivity contribution in [1.82, 2.24) is 24.3 Å². The van der Waals surface area contributed by atoms with Crippen LogP contribution in [-0.2, 0) is 26.2 Å². The highest BCUT2D eigenvalue weighted by Crippen LogP contribution is 2.39. The van der Waals surface area contributed by atoms with Crippen LogP contribution < -0.4 is 10.9 Å². The Bertz CT molecular complexity index is 1810. The fraction of sp³-hybridized carbons (Fsp3) is 0.259. The summed E-state index contributed by atoms with van der Waals surface area (Å²) in [6.07, 6.45) is -1.87. The number of nitrogens with one attached hydrogen (secondary N) is 1. The second-order valence-corrected chi connectivity index (χ2v) is 9.47. The molecule has 0 saturated heterocycles. The van der Waals surface area contributed by atoms with Crippen molar-refractivity contribution in [2.24, 2.45) is 14.1 Å². The van der Waals surface area contributed by atoms with Crippen molar-refractivity contribution in [2.45, 2.75) is 25.1 Å². The van der Waals surface area contributed by atoms with E-state index in [1.165, 1.54) is 39.7 Å². The molecule has 5 aromatic rings. The average Bonchev–Trinajstić information content (AvgIpc) is 3.31. The zero-order valence-electron chi connectivity index (χ0n) is 21.5. The number of hydrogen-bond donors (Lipinski definition) is 2. The van der Waals surface area contributed by atoms with Gasteiger partial charge in [-0.3, -0.25) is 9.48 Å². The summed E-state index contributed by atoms with van der Waals surface area (Å²) in [5.74, 6) is -5.03. The number of nitrogens with zero attached hydrogens (tertiary/aromatic N) is 5. The average molecular weight is 559 g/mol. The summed E-state index contributed by atoms with van der Waals surface area (Å²) in [5, 5.41) is 16.8. The number of hydrogen-bond acceptors (Lipinski definition) is 6. The number of aliphatic hydroxyl groups is 1. The zero-order valence-corrected chi connectivity index (χ0v) is 21.5. The summed E-state index contributed by atoms with van der Waals surface area (Å²) in [4.78, 5) is 19.6. The highest BCUT2D eigenvalue weighted by atomic mass is 19.4. The molecule has 0 saturated carbocycles. The van der Waals surface area contributed by atoms with E-state index in [1.807, 2.05) is 0 Å². The molecule has 13 heteroatoms. The fourth-order valence-corrected chi connectivity index (χ4v) is 4.58. The second-order valence-electron chi connectivity index (χ2n) is 9.47. The van der Waals surface area contributed by atoms with Crippen LogP contribution in [0, 0.1) is 0 Å². The van der Waals surface area contributed by atoms with Crippen LogP contribution in [0.5, 0.6) is 0 Å². The van der Waals surface area contributed by atoms with Crippen molar-refractivity contribution >= 4 is 27.6 Å². The molecule has 0 fully saturated rings. The standard InChI is InChI=1S/C27H23F5N6O2/c1-14(15-5-4-6-17(9-15)26(28,29)13-39)34-24-19-10-18(16-7-8-21(40)37(2)12-16)23-20(11-33-38(23)3)22(19)35-25(36-24)27(30,31)32/h4-12,14,39H,13H2,1-3H3,(H,34,35,36). The molecule has 0 bridgehead atoms. The SMILES string of the molecule is CC(Nc1nc(C(F)(F)F)nc2c1cc(-c1ccc(=O)n(C)c1)c1c2cnn1C)c1cccc(C(F)(F)CO)c1. The van der Waals surface area contributed by atoms with E-state index in [2.05, 4.69) is 20.4 Å². The maximum atomic E-state index is 14.1. The molecule has 0 aliphatic rings. The third kappa shape index (κ3) is 4.76. The van der Waals surface area contributed by atoms with Crippen LogP contribution in [0.3, 0.4) is 0 Å². The Kier molecular flexibility index (Phi) is 6.57. The quantitative estimate of drug-likeness (QED) is 0.280. The van der Waals surface area contributed by atoms with Gasteiger partial charge in [-0.2, -0.15) is 27.1 Å². The molecule has 2 aromatic carbocycles. The highest BCUT2D eigenvalue weighted by Gasteiger charge is 2.36. The van der Waals surface area contributed by atoms with Crippen LogP contribution in [0.15, 0.2) is 59.7 Å². The molecule has 5 rings (SSSR count). The molecule has 0 amide bonds. The highest BCUT2D eigenvalue weighted by molar-refractivity contribution is 6.13. The van der Waals surface area contributed by atoms with Gasteiger partial charge in [0.15, 0.2) is 0 Å². The number of aromatic nitrogens is 5. The molecule has 40 heavy (non-hydrogen) atoms. The number of aliphatic hydroxyl groups excluding tert-OH is 1. The minimum atomic E-state index is -4.87.